The highest BCUT2D eigenvalue weighted by molar-refractivity contribution is 7.99. The zero-order valence-corrected chi connectivity index (χ0v) is 17.6. The molecule has 1 aromatic heterocycles. The zero-order chi connectivity index (χ0) is 20.1. The molecule has 0 bridgehead atoms. The molecule has 0 unspecified atom stereocenters. The SMILES string of the molecule is CNC(=O)CN1CCN(C(=O)CSc2nccn2-c2cccc(Cl)c2C)CC1. The van der Waals surface area contributed by atoms with Gasteiger partial charge in [0.2, 0.25) is 11.8 Å². The van der Waals surface area contributed by atoms with Gasteiger partial charge in [0.15, 0.2) is 5.16 Å². The van der Waals surface area contributed by atoms with Crippen LogP contribution in [0, 0.1) is 6.92 Å². The average Bonchev–Trinajstić information content (AvgIpc) is 3.17. The number of thioether (sulfide) groups is 1. The summed E-state index contributed by atoms with van der Waals surface area (Å²) in [5.41, 5.74) is 1.94. The number of nitrogens with zero attached hydrogens (tertiary/aromatic N) is 4. The van der Waals surface area contributed by atoms with Crippen LogP contribution in [0.3, 0.4) is 0 Å². The molecule has 1 N–H and O–H groups in total. The van der Waals surface area contributed by atoms with E-state index < -0.39 is 0 Å². The van der Waals surface area contributed by atoms with E-state index in [1.54, 1.807) is 13.2 Å². The van der Waals surface area contributed by atoms with Crippen LogP contribution in [0.5, 0.6) is 0 Å². The van der Waals surface area contributed by atoms with E-state index in [2.05, 4.69) is 15.2 Å². The number of imidazole rings is 1. The predicted molar refractivity (Wildman–Crippen MR) is 111 cm³/mol. The lowest BCUT2D eigenvalue weighted by molar-refractivity contribution is -0.130. The molecular formula is C19H24ClN5O2S. The Balaban J connectivity index is 1.56. The van der Waals surface area contributed by atoms with Crippen molar-refractivity contribution in [2.45, 2.75) is 12.1 Å². The van der Waals surface area contributed by atoms with Gasteiger partial charge in [0.05, 0.1) is 18.0 Å². The molecule has 1 aromatic carbocycles. The monoisotopic (exact) mass is 421 g/mol. The van der Waals surface area contributed by atoms with Gasteiger partial charge >= 0.3 is 0 Å². The number of nitrogens with one attached hydrogen (secondary N) is 1. The van der Waals surface area contributed by atoms with Gasteiger partial charge in [-0.3, -0.25) is 19.1 Å². The molecule has 0 atom stereocenters. The minimum absolute atomic E-state index is 0.00141. The fourth-order valence-corrected chi connectivity index (χ4v) is 4.13. The number of benzene rings is 1. The number of carbonyl (C=O) groups is 2. The number of halogens is 1. The Kier molecular flexibility index (Phi) is 6.98. The molecule has 2 amide bonds. The van der Waals surface area contributed by atoms with Crippen molar-refractivity contribution in [3.8, 4) is 5.69 Å². The Morgan fingerprint density at radius 1 is 1.25 bits per heavy atom. The lowest BCUT2D eigenvalue weighted by atomic mass is 10.2. The van der Waals surface area contributed by atoms with Crippen molar-refractivity contribution >= 4 is 35.2 Å². The number of carbonyl (C=O) groups excluding carboxylic acids is 2. The number of hydrogen-bond acceptors (Lipinski definition) is 5. The van der Waals surface area contributed by atoms with Crippen LogP contribution in [0.4, 0.5) is 0 Å². The number of piperazine rings is 1. The van der Waals surface area contributed by atoms with E-state index in [1.807, 2.05) is 40.8 Å². The normalized spacial score (nSPS) is 14.9. The second-order valence-corrected chi connectivity index (χ2v) is 7.93. The molecule has 0 radical (unpaired) electrons. The molecule has 1 aliphatic rings. The van der Waals surface area contributed by atoms with Crippen LogP contribution in [0.15, 0.2) is 35.7 Å². The highest BCUT2D eigenvalue weighted by atomic mass is 35.5. The zero-order valence-electron chi connectivity index (χ0n) is 16.0. The summed E-state index contributed by atoms with van der Waals surface area (Å²) in [5, 5.41) is 4.09. The van der Waals surface area contributed by atoms with Crippen molar-refractivity contribution < 1.29 is 9.59 Å². The van der Waals surface area contributed by atoms with Gasteiger partial charge in [-0.05, 0) is 24.6 Å². The molecule has 3 rings (SSSR count). The van der Waals surface area contributed by atoms with Gasteiger partial charge in [-0.15, -0.1) is 0 Å². The van der Waals surface area contributed by atoms with Crippen LogP contribution in [0.2, 0.25) is 5.02 Å². The molecule has 0 aliphatic carbocycles. The van der Waals surface area contributed by atoms with Crippen LogP contribution in [-0.2, 0) is 9.59 Å². The average molecular weight is 422 g/mol. The number of likely N-dealkylation sites (N-methyl/N-ethyl adjacent to an activating group) is 1. The second-order valence-electron chi connectivity index (χ2n) is 6.58. The number of aromatic nitrogens is 2. The van der Waals surface area contributed by atoms with E-state index in [-0.39, 0.29) is 11.8 Å². The largest absolute Gasteiger partial charge is 0.358 e. The van der Waals surface area contributed by atoms with Crippen molar-refractivity contribution in [2.24, 2.45) is 0 Å². The van der Waals surface area contributed by atoms with Gasteiger partial charge in [0.25, 0.3) is 0 Å². The lowest BCUT2D eigenvalue weighted by Gasteiger charge is -2.34. The minimum Gasteiger partial charge on any atom is -0.358 e. The first-order valence-electron chi connectivity index (χ1n) is 9.12. The van der Waals surface area contributed by atoms with E-state index in [1.165, 1.54) is 11.8 Å². The van der Waals surface area contributed by atoms with Crippen LogP contribution in [0.1, 0.15) is 5.56 Å². The van der Waals surface area contributed by atoms with E-state index in [0.29, 0.717) is 43.5 Å². The highest BCUT2D eigenvalue weighted by Gasteiger charge is 2.22. The maximum absolute atomic E-state index is 12.6. The molecule has 2 aromatic rings. The molecular weight excluding hydrogens is 398 g/mol. The molecule has 1 aliphatic heterocycles. The van der Waals surface area contributed by atoms with Gasteiger partial charge in [-0.25, -0.2) is 4.98 Å². The molecule has 9 heteroatoms. The first kappa shape index (κ1) is 20.7. The standard InChI is InChI=1S/C19H24ClN5O2S/c1-14-15(20)4-3-5-16(14)25-7-6-22-19(25)28-13-18(27)24-10-8-23(9-11-24)12-17(26)21-2/h3-7H,8-13H2,1-2H3,(H,21,26). The summed E-state index contributed by atoms with van der Waals surface area (Å²) < 4.78 is 1.96. The Morgan fingerprint density at radius 3 is 2.71 bits per heavy atom. The fourth-order valence-electron chi connectivity index (χ4n) is 3.09. The number of hydrogen-bond donors (Lipinski definition) is 1. The first-order valence-corrected chi connectivity index (χ1v) is 10.5. The summed E-state index contributed by atoms with van der Waals surface area (Å²) in [6, 6.07) is 5.75. The molecule has 7 nitrogen and oxygen atoms in total. The second kappa shape index (κ2) is 9.45. The van der Waals surface area contributed by atoms with Crippen LogP contribution in [0.25, 0.3) is 5.69 Å². The summed E-state index contributed by atoms with van der Waals surface area (Å²) in [7, 11) is 1.63. The van der Waals surface area contributed by atoms with Gasteiger partial charge < -0.3 is 10.2 Å². The predicted octanol–water partition coefficient (Wildman–Crippen LogP) is 1.82. The van der Waals surface area contributed by atoms with Crippen LogP contribution >= 0.6 is 23.4 Å². The third-order valence-electron chi connectivity index (χ3n) is 4.80. The molecule has 1 saturated heterocycles. The van der Waals surface area contributed by atoms with Crippen LogP contribution in [-0.4, -0.2) is 76.7 Å². The van der Waals surface area contributed by atoms with Crippen molar-refractivity contribution in [3.63, 3.8) is 0 Å². The smallest absolute Gasteiger partial charge is 0.233 e. The Morgan fingerprint density at radius 2 is 2.00 bits per heavy atom. The van der Waals surface area contributed by atoms with Crippen molar-refractivity contribution in [3.05, 3.63) is 41.2 Å². The molecule has 1 fully saturated rings. The van der Waals surface area contributed by atoms with E-state index in [0.717, 1.165) is 16.4 Å². The van der Waals surface area contributed by atoms with Crippen molar-refractivity contribution in [1.82, 2.24) is 24.7 Å². The van der Waals surface area contributed by atoms with E-state index in [9.17, 15) is 9.59 Å². The van der Waals surface area contributed by atoms with E-state index >= 15 is 0 Å². The van der Waals surface area contributed by atoms with Gasteiger partial charge in [0, 0.05) is 50.6 Å². The van der Waals surface area contributed by atoms with Gasteiger partial charge in [-0.2, -0.15) is 0 Å². The van der Waals surface area contributed by atoms with Gasteiger partial charge in [0.1, 0.15) is 0 Å². The third-order valence-corrected chi connectivity index (χ3v) is 6.16. The maximum Gasteiger partial charge on any atom is 0.233 e. The first-order chi connectivity index (χ1) is 13.5. The summed E-state index contributed by atoms with van der Waals surface area (Å²) in [4.78, 5) is 32.4. The molecule has 2 heterocycles. The number of rotatable bonds is 6. The molecule has 0 saturated carbocycles. The Bertz CT molecular complexity index is 849. The van der Waals surface area contributed by atoms with Crippen LogP contribution < -0.4 is 5.32 Å². The highest BCUT2D eigenvalue weighted by Crippen LogP contribution is 2.26. The summed E-state index contributed by atoms with van der Waals surface area (Å²) >= 11 is 7.65. The quantitative estimate of drug-likeness (QED) is 0.720. The van der Waals surface area contributed by atoms with Crippen molar-refractivity contribution in [1.29, 1.82) is 0 Å². The van der Waals surface area contributed by atoms with Crippen molar-refractivity contribution in [2.75, 3.05) is 45.5 Å². The molecule has 28 heavy (non-hydrogen) atoms. The molecule has 150 valence electrons. The molecule has 0 spiro atoms. The summed E-state index contributed by atoms with van der Waals surface area (Å²) in [6.07, 6.45) is 3.60. The maximum atomic E-state index is 12.6. The summed E-state index contributed by atoms with van der Waals surface area (Å²) in [6.45, 7) is 5.04. The third kappa shape index (κ3) is 4.87. The summed E-state index contributed by atoms with van der Waals surface area (Å²) in [5.74, 6) is 0.409. The minimum atomic E-state index is -0.00141. The fraction of sp³-hybridized carbons (Fsp3) is 0.421. The Labute approximate surface area is 174 Å². The Hall–Kier alpha value is -2.03. The lowest BCUT2D eigenvalue weighted by Crippen LogP contribution is -2.51. The van der Waals surface area contributed by atoms with E-state index in [4.69, 9.17) is 11.6 Å². The number of amides is 2. The van der Waals surface area contributed by atoms with Gasteiger partial charge in [-0.1, -0.05) is 29.4 Å². The topological polar surface area (TPSA) is 70.5 Å².